The maximum Gasteiger partial charge on any atom is 0.409 e. The second kappa shape index (κ2) is 6.54. The van der Waals surface area contributed by atoms with Gasteiger partial charge in [-0.25, -0.2) is 0 Å². The van der Waals surface area contributed by atoms with Crippen molar-refractivity contribution in [3.63, 3.8) is 0 Å². The van der Waals surface area contributed by atoms with E-state index in [-0.39, 0.29) is 24.9 Å². The Bertz CT molecular complexity index is 1000. The highest BCUT2D eigenvalue weighted by Gasteiger charge is 2.67. The highest BCUT2D eigenvalue weighted by atomic mass is 19.4. The molecule has 2 N–H and O–H groups in total. The van der Waals surface area contributed by atoms with Crippen LogP contribution in [0.3, 0.4) is 0 Å². The average molecular weight is 435 g/mol. The first-order valence-corrected chi connectivity index (χ1v) is 10.2. The number of alkyl halides is 3. The number of amides is 4. The Hall–Kier alpha value is -2.91. The first kappa shape index (κ1) is 20.0. The van der Waals surface area contributed by atoms with Crippen LogP contribution in [-0.2, 0) is 16.1 Å². The molecule has 0 spiro atoms. The lowest BCUT2D eigenvalue weighted by Gasteiger charge is -2.65. The van der Waals surface area contributed by atoms with Crippen LogP contribution in [0.15, 0.2) is 18.2 Å². The summed E-state index contributed by atoms with van der Waals surface area (Å²) >= 11 is 0. The van der Waals surface area contributed by atoms with Crippen LogP contribution in [0.4, 0.5) is 13.2 Å². The second-order valence-corrected chi connectivity index (χ2v) is 9.06. The molecule has 2 unspecified atom stereocenters. The number of nitrogens with one attached hydrogen (secondary N) is 2. The fourth-order valence-corrected chi connectivity index (χ4v) is 5.41. The summed E-state index contributed by atoms with van der Waals surface area (Å²) in [5.74, 6) is -1.85. The van der Waals surface area contributed by atoms with Crippen molar-refractivity contribution in [2.75, 3.05) is 0 Å². The third-order valence-corrected chi connectivity index (χ3v) is 7.09. The molecule has 2 atom stereocenters. The number of carbonyl (C=O) groups is 4. The molecule has 6 rings (SSSR count). The number of imide groups is 1. The first-order valence-electron chi connectivity index (χ1n) is 10.2. The van der Waals surface area contributed by atoms with Gasteiger partial charge < -0.3 is 10.2 Å². The molecule has 0 aromatic heterocycles. The molecule has 4 fully saturated rings. The van der Waals surface area contributed by atoms with Crippen LogP contribution in [-0.4, -0.2) is 46.8 Å². The van der Waals surface area contributed by atoms with Crippen molar-refractivity contribution in [2.45, 2.75) is 56.9 Å². The van der Waals surface area contributed by atoms with Gasteiger partial charge in [-0.05, 0) is 55.4 Å². The molecule has 7 nitrogen and oxygen atoms in total. The number of halogens is 3. The van der Waals surface area contributed by atoms with Gasteiger partial charge in [-0.3, -0.25) is 24.5 Å². The van der Waals surface area contributed by atoms with Crippen LogP contribution in [0.5, 0.6) is 0 Å². The van der Waals surface area contributed by atoms with E-state index in [4.69, 9.17) is 0 Å². The normalized spacial score (nSPS) is 30.2. The Morgan fingerprint density at radius 1 is 1.19 bits per heavy atom. The Balaban J connectivity index is 1.33. The summed E-state index contributed by atoms with van der Waals surface area (Å²) in [5, 5.41) is 4.38. The minimum atomic E-state index is -4.53. The van der Waals surface area contributed by atoms with Gasteiger partial charge >= 0.3 is 6.18 Å². The number of carbonyl (C=O) groups excluding carboxylic acids is 4. The molecule has 3 aliphatic carbocycles. The van der Waals surface area contributed by atoms with Crippen molar-refractivity contribution in [3.8, 4) is 0 Å². The summed E-state index contributed by atoms with van der Waals surface area (Å²) in [6, 6.07) is 1.46. The molecular formula is C21H20F3N3O4. The fraction of sp³-hybridized carbons (Fsp3) is 0.524. The molecular weight excluding hydrogens is 415 g/mol. The van der Waals surface area contributed by atoms with E-state index in [1.165, 1.54) is 23.1 Å². The summed E-state index contributed by atoms with van der Waals surface area (Å²) in [5.41, 5.74) is -0.0737. The maximum atomic E-state index is 13.6. The van der Waals surface area contributed by atoms with E-state index in [1.54, 1.807) is 0 Å². The molecule has 2 aliphatic heterocycles. The first-order chi connectivity index (χ1) is 14.6. The van der Waals surface area contributed by atoms with Crippen LogP contribution in [0.1, 0.15) is 58.4 Å². The van der Waals surface area contributed by atoms with Crippen LogP contribution < -0.4 is 10.6 Å². The Morgan fingerprint density at radius 3 is 2.48 bits per heavy atom. The third-order valence-electron chi connectivity index (χ3n) is 7.09. The molecule has 164 valence electrons. The van der Waals surface area contributed by atoms with E-state index in [0.717, 1.165) is 0 Å². The maximum absolute atomic E-state index is 13.6. The Labute approximate surface area is 175 Å². The van der Waals surface area contributed by atoms with Crippen LogP contribution >= 0.6 is 0 Å². The molecule has 1 aromatic rings. The molecule has 3 saturated carbocycles. The topological polar surface area (TPSA) is 95.6 Å². The average Bonchev–Trinajstić information content (AvgIpc) is 2.93. The van der Waals surface area contributed by atoms with E-state index >= 15 is 0 Å². The zero-order valence-corrected chi connectivity index (χ0v) is 16.4. The number of benzene rings is 1. The van der Waals surface area contributed by atoms with Gasteiger partial charge in [0.25, 0.3) is 11.8 Å². The van der Waals surface area contributed by atoms with Gasteiger partial charge in [-0.1, -0.05) is 0 Å². The second-order valence-electron chi connectivity index (χ2n) is 9.06. The molecule has 31 heavy (non-hydrogen) atoms. The van der Waals surface area contributed by atoms with Crippen molar-refractivity contribution in [2.24, 2.45) is 11.3 Å². The lowest BCUT2D eigenvalue weighted by molar-refractivity contribution is -0.243. The van der Waals surface area contributed by atoms with Crippen molar-refractivity contribution >= 4 is 23.6 Å². The summed E-state index contributed by atoms with van der Waals surface area (Å²) in [7, 11) is 0. The highest BCUT2D eigenvalue weighted by Crippen LogP contribution is 2.68. The summed E-state index contributed by atoms with van der Waals surface area (Å²) < 4.78 is 40.8. The number of nitrogens with zero attached hydrogens (tertiary/aromatic N) is 1. The van der Waals surface area contributed by atoms with E-state index in [0.29, 0.717) is 36.3 Å². The molecule has 2 heterocycles. The summed E-state index contributed by atoms with van der Waals surface area (Å²) in [4.78, 5) is 50.1. The van der Waals surface area contributed by atoms with Gasteiger partial charge in [-0.15, -0.1) is 0 Å². The van der Waals surface area contributed by atoms with E-state index in [1.807, 2.05) is 0 Å². The van der Waals surface area contributed by atoms with Gasteiger partial charge in [0.15, 0.2) is 0 Å². The minimum Gasteiger partial charge on any atom is -0.340 e. The van der Waals surface area contributed by atoms with Gasteiger partial charge in [0.05, 0.1) is 0 Å². The van der Waals surface area contributed by atoms with Crippen molar-refractivity contribution in [1.29, 1.82) is 0 Å². The zero-order valence-electron chi connectivity index (χ0n) is 16.4. The standard InChI is InChI=1S/C21H20F3N3O4/c22-21(23,24)19(20-6-10(7-20)8-20)26-16(29)11-1-2-13-12(5-11)9-27(18(13)31)14-3-4-15(28)25-17(14)30/h1-2,5,10,14,19H,3-4,6-9H2,(H,26,29)(H,25,28,30). The summed E-state index contributed by atoms with van der Waals surface area (Å²) in [6.45, 7) is 0.0515. The lowest BCUT2D eigenvalue weighted by atomic mass is 9.41. The molecule has 4 amide bonds. The lowest BCUT2D eigenvalue weighted by Crippen LogP contribution is -2.68. The fourth-order valence-electron chi connectivity index (χ4n) is 5.41. The minimum absolute atomic E-state index is 0.0394. The van der Waals surface area contributed by atoms with E-state index in [2.05, 4.69) is 10.6 Å². The van der Waals surface area contributed by atoms with Crippen molar-refractivity contribution in [1.82, 2.24) is 15.5 Å². The predicted molar refractivity (Wildman–Crippen MR) is 99.6 cm³/mol. The van der Waals surface area contributed by atoms with E-state index < -0.39 is 47.3 Å². The number of hydrogen-bond donors (Lipinski definition) is 2. The zero-order chi connectivity index (χ0) is 22.1. The Kier molecular flexibility index (Phi) is 4.22. The number of hydrogen-bond acceptors (Lipinski definition) is 4. The summed E-state index contributed by atoms with van der Waals surface area (Å²) in [6.07, 6.45) is -2.76. The van der Waals surface area contributed by atoms with Gasteiger partial charge in [0.2, 0.25) is 11.8 Å². The quantitative estimate of drug-likeness (QED) is 0.707. The largest absolute Gasteiger partial charge is 0.409 e. The van der Waals surface area contributed by atoms with E-state index in [9.17, 15) is 32.3 Å². The van der Waals surface area contributed by atoms with Gasteiger partial charge in [-0.2, -0.15) is 13.2 Å². The molecule has 1 saturated heterocycles. The third kappa shape index (κ3) is 3.11. The van der Waals surface area contributed by atoms with Crippen LogP contribution in [0.25, 0.3) is 0 Å². The molecule has 0 radical (unpaired) electrons. The number of fused-ring (bicyclic) bond motifs is 1. The van der Waals surface area contributed by atoms with Crippen LogP contribution in [0.2, 0.25) is 0 Å². The molecule has 5 aliphatic rings. The molecule has 2 bridgehead atoms. The molecule has 1 aromatic carbocycles. The monoisotopic (exact) mass is 435 g/mol. The Morgan fingerprint density at radius 2 is 1.90 bits per heavy atom. The molecule has 10 heteroatoms. The van der Waals surface area contributed by atoms with Crippen molar-refractivity contribution < 1.29 is 32.3 Å². The SMILES string of the molecule is O=C1CCC(N2Cc3cc(C(=O)NC(C(F)(F)F)C45CC(C4)C5)ccc3C2=O)C(=O)N1. The van der Waals surface area contributed by atoms with Crippen LogP contribution in [0, 0.1) is 11.3 Å². The van der Waals surface area contributed by atoms with Gasteiger partial charge in [0.1, 0.15) is 12.1 Å². The predicted octanol–water partition coefficient (Wildman–Crippen LogP) is 1.91. The van der Waals surface area contributed by atoms with Crippen molar-refractivity contribution in [3.05, 3.63) is 34.9 Å². The van der Waals surface area contributed by atoms with Gasteiger partial charge in [0, 0.05) is 29.5 Å². The number of rotatable bonds is 4. The number of piperidine rings is 1. The highest BCUT2D eigenvalue weighted by molar-refractivity contribution is 6.06. The smallest absolute Gasteiger partial charge is 0.340 e.